The number of hydrogen-bond acceptors (Lipinski definition) is 6. The van der Waals surface area contributed by atoms with Crippen molar-refractivity contribution in [1.82, 2.24) is 19.3 Å². The SMILES string of the molecule is Cc1ccc(/C=C/S(=O)(=O)N2CCC(n3nnc4ccsc4c3=O)CC2)cc1. The summed E-state index contributed by atoms with van der Waals surface area (Å²) in [6, 6.07) is 9.30. The van der Waals surface area contributed by atoms with Crippen LogP contribution in [0.1, 0.15) is 30.0 Å². The number of thiophene rings is 1. The molecule has 0 spiro atoms. The van der Waals surface area contributed by atoms with E-state index in [1.54, 1.807) is 12.1 Å². The molecule has 0 aliphatic carbocycles. The molecule has 9 heteroatoms. The van der Waals surface area contributed by atoms with Crippen molar-refractivity contribution in [2.24, 2.45) is 0 Å². The first-order valence-electron chi connectivity index (χ1n) is 9.02. The molecule has 0 atom stereocenters. The average molecular weight is 417 g/mol. The monoisotopic (exact) mass is 416 g/mol. The lowest BCUT2D eigenvalue weighted by Crippen LogP contribution is -2.40. The van der Waals surface area contributed by atoms with E-state index in [0.717, 1.165) is 11.1 Å². The van der Waals surface area contributed by atoms with Gasteiger partial charge in [-0.05, 0) is 42.9 Å². The predicted octanol–water partition coefficient (Wildman–Crippen LogP) is 2.80. The normalized spacial score (nSPS) is 16.9. The quantitative estimate of drug-likeness (QED) is 0.653. The Morgan fingerprint density at radius 3 is 2.57 bits per heavy atom. The fourth-order valence-corrected chi connectivity index (χ4v) is 5.27. The lowest BCUT2D eigenvalue weighted by atomic mass is 10.1. The highest BCUT2D eigenvalue weighted by atomic mass is 32.2. The molecule has 0 N–H and O–H groups in total. The van der Waals surface area contributed by atoms with Crippen molar-refractivity contribution >= 4 is 37.7 Å². The molecule has 28 heavy (non-hydrogen) atoms. The summed E-state index contributed by atoms with van der Waals surface area (Å²) in [7, 11) is -3.50. The molecule has 1 aliphatic rings. The van der Waals surface area contributed by atoms with Crippen LogP contribution in [0.4, 0.5) is 0 Å². The third kappa shape index (κ3) is 3.78. The number of aryl methyl sites for hydroxylation is 1. The average Bonchev–Trinajstić information content (AvgIpc) is 3.18. The Morgan fingerprint density at radius 1 is 1.14 bits per heavy atom. The van der Waals surface area contributed by atoms with Crippen molar-refractivity contribution in [2.45, 2.75) is 25.8 Å². The molecule has 3 heterocycles. The Morgan fingerprint density at radius 2 is 1.86 bits per heavy atom. The molecule has 0 saturated carbocycles. The Hall–Kier alpha value is -2.36. The number of fused-ring (bicyclic) bond motifs is 1. The highest BCUT2D eigenvalue weighted by Gasteiger charge is 2.28. The first-order valence-corrected chi connectivity index (χ1v) is 11.4. The molecule has 0 unspecified atom stereocenters. The van der Waals surface area contributed by atoms with Crippen LogP contribution < -0.4 is 5.56 Å². The van der Waals surface area contributed by atoms with Gasteiger partial charge in [-0.3, -0.25) is 4.79 Å². The van der Waals surface area contributed by atoms with E-state index in [-0.39, 0.29) is 11.6 Å². The first kappa shape index (κ1) is 19.0. The molecule has 7 nitrogen and oxygen atoms in total. The second-order valence-corrected chi connectivity index (χ2v) is 9.60. The zero-order valence-electron chi connectivity index (χ0n) is 15.4. The van der Waals surface area contributed by atoms with Crippen LogP contribution in [-0.2, 0) is 10.0 Å². The Labute approximate surface area is 167 Å². The van der Waals surface area contributed by atoms with Gasteiger partial charge in [0.2, 0.25) is 10.0 Å². The van der Waals surface area contributed by atoms with Gasteiger partial charge in [0, 0.05) is 18.5 Å². The molecule has 146 valence electrons. The zero-order chi connectivity index (χ0) is 19.7. The van der Waals surface area contributed by atoms with Crippen molar-refractivity contribution in [1.29, 1.82) is 0 Å². The highest BCUT2D eigenvalue weighted by molar-refractivity contribution is 7.92. The van der Waals surface area contributed by atoms with Crippen LogP contribution in [0.3, 0.4) is 0 Å². The van der Waals surface area contributed by atoms with Crippen molar-refractivity contribution in [3.05, 3.63) is 62.6 Å². The minimum absolute atomic E-state index is 0.140. The minimum Gasteiger partial charge on any atom is -0.266 e. The third-order valence-electron chi connectivity index (χ3n) is 4.93. The molecular formula is C19H20N4O3S2. The molecule has 0 amide bonds. The summed E-state index contributed by atoms with van der Waals surface area (Å²) < 4.78 is 28.7. The van der Waals surface area contributed by atoms with Crippen molar-refractivity contribution in [3.63, 3.8) is 0 Å². The first-order chi connectivity index (χ1) is 13.4. The minimum atomic E-state index is -3.50. The molecular weight excluding hydrogens is 396 g/mol. The molecule has 3 aromatic rings. The fraction of sp³-hybridized carbons (Fsp3) is 0.316. The van der Waals surface area contributed by atoms with E-state index in [1.165, 1.54) is 25.7 Å². The maximum Gasteiger partial charge on any atom is 0.287 e. The summed E-state index contributed by atoms with van der Waals surface area (Å²) in [5.41, 5.74) is 2.42. The smallest absolute Gasteiger partial charge is 0.266 e. The largest absolute Gasteiger partial charge is 0.287 e. The van der Waals surface area contributed by atoms with Crippen LogP contribution in [0.15, 0.2) is 45.9 Å². The molecule has 0 radical (unpaired) electrons. The van der Waals surface area contributed by atoms with E-state index < -0.39 is 10.0 Å². The van der Waals surface area contributed by atoms with E-state index in [2.05, 4.69) is 10.3 Å². The number of benzene rings is 1. The summed E-state index contributed by atoms with van der Waals surface area (Å²) in [4.78, 5) is 12.6. The summed E-state index contributed by atoms with van der Waals surface area (Å²) in [5, 5.41) is 11.2. The Balaban J connectivity index is 1.46. The van der Waals surface area contributed by atoms with Crippen LogP contribution in [0.25, 0.3) is 16.3 Å². The summed E-state index contributed by atoms with van der Waals surface area (Å²) in [6.45, 7) is 2.68. The van der Waals surface area contributed by atoms with Crippen LogP contribution in [0.2, 0.25) is 0 Å². The Bertz CT molecular complexity index is 1170. The maximum absolute atomic E-state index is 12.6. The molecule has 1 saturated heterocycles. The standard InChI is InChI=1S/C19H20N4O3S2/c1-14-2-4-15(5-3-14)9-13-28(25,26)22-10-6-16(7-11-22)23-19(24)18-17(20-21-23)8-12-27-18/h2-5,8-9,12-13,16H,6-7,10-11H2,1H3/b13-9+. The number of piperidine rings is 1. The highest BCUT2D eigenvalue weighted by Crippen LogP contribution is 2.24. The summed E-state index contributed by atoms with van der Waals surface area (Å²) in [6.07, 6.45) is 2.67. The van der Waals surface area contributed by atoms with Crippen molar-refractivity contribution in [3.8, 4) is 0 Å². The predicted molar refractivity (Wildman–Crippen MR) is 111 cm³/mol. The van der Waals surface area contributed by atoms with Crippen LogP contribution in [0, 0.1) is 6.92 Å². The topological polar surface area (TPSA) is 85.2 Å². The van der Waals surface area contributed by atoms with Crippen LogP contribution in [0.5, 0.6) is 0 Å². The van der Waals surface area contributed by atoms with E-state index in [1.807, 2.05) is 36.6 Å². The van der Waals surface area contributed by atoms with Gasteiger partial charge in [-0.2, -0.15) is 4.31 Å². The number of hydrogen-bond donors (Lipinski definition) is 0. The summed E-state index contributed by atoms with van der Waals surface area (Å²) >= 11 is 1.35. The van der Waals surface area contributed by atoms with Gasteiger partial charge in [-0.1, -0.05) is 35.0 Å². The van der Waals surface area contributed by atoms with E-state index in [9.17, 15) is 13.2 Å². The van der Waals surface area contributed by atoms with Crippen LogP contribution >= 0.6 is 11.3 Å². The lowest BCUT2D eigenvalue weighted by molar-refractivity contribution is 0.253. The van der Waals surface area contributed by atoms with E-state index in [0.29, 0.717) is 36.1 Å². The van der Waals surface area contributed by atoms with Gasteiger partial charge in [0.1, 0.15) is 10.2 Å². The van der Waals surface area contributed by atoms with Crippen LogP contribution in [-0.4, -0.2) is 40.8 Å². The third-order valence-corrected chi connectivity index (χ3v) is 7.39. The molecule has 0 bridgehead atoms. The van der Waals surface area contributed by atoms with Gasteiger partial charge >= 0.3 is 0 Å². The second-order valence-electron chi connectivity index (χ2n) is 6.86. The number of sulfonamides is 1. The van der Waals surface area contributed by atoms with E-state index >= 15 is 0 Å². The zero-order valence-corrected chi connectivity index (χ0v) is 17.0. The summed E-state index contributed by atoms with van der Waals surface area (Å²) in [5.74, 6) is 0. The molecule has 2 aromatic heterocycles. The molecule has 1 fully saturated rings. The maximum atomic E-state index is 12.6. The molecule has 4 rings (SSSR count). The Kier molecular flexibility index (Phi) is 5.13. The lowest BCUT2D eigenvalue weighted by Gasteiger charge is -2.30. The van der Waals surface area contributed by atoms with Gasteiger partial charge in [0.25, 0.3) is 5.56 Å². The number of nitrogens with zero attached hydrogens (tertiary/aromatic N) is 4. The van der Waals surface area contributed by atoms with Gasteiger partial charge in [0.15, 0.2) is 0 Å². The van der Waals surface area contributed by atoms with Gasteiger partial charge in [0.05, 0.1) is 6.04 Å². The van der Waals surface area contributed by atoms with E-state index in [4.69, 9.17) is 0 Å². The van der Waals surface area contributed by atoms with Crippen molar-refractivity contribution in [2.75, 3.05) is 13.1 Å². The number of rotatable bonds is 4. The van der Waals surface area contributed by atoms with Gasteiger partial charge in [-0.15, -0.1) is 16.4 Å². The number of aromatic nitrogens is 3. The van der Waals surface area contributed by atoms with Gasteiger partial charge in [-0.25, -0.2) is 13.1 Å². The van der Waals surface area contributed by atoms with Gasteiger partial charge < -0.3 is 0 Å². The molecule has 1 aliphatic heterocycles. The second kappa shape index (κ2) is 7.57. The molecule has 1 aromatic carbocycles. The fourth-order valence-electron chi connectivity index (χ4n) is 3.29. The van der Waals surface area contributed by atoms with Crippen molar-refractivity contribution < 1.29 is 8.42 Å².